The van der Waals surface area contributed by atoms with Gasteiger partial charge >= 0.3 is 0 Å². The Morgan fingerprint density at radius 2 is 2.10 bits per heavy atom. The van der Waals surface area contributed by atoms with Gasteiger partial charge in [-0.05, 0) is 44.8 Å². The van der Waals surface area contributed by atoms with Crippen molar-refractivity contribution in [3.63, 3.8) is 0 Å². The van der Waals surface area contributed by atoms with Crippen molar-refractivity contribution < 1.29 is 13.9 Å². The first-order valence-electron chi connectivity index (χ1n) is 10.0. The summed E-state index contributed by atoms with van der Waals surface area (Å²) in [5.41, 5.74) is 6.09. The number of aromatic nitrogens is 2. The Bertz CT molecular complexity index is 835. The molecule has 1 atom stereocenters. The molecule has 1 aromatic heterocycles. The molecule has 0 radical (unpaired) electrons. The van der Waals surface area contributed by atoms with Crippen LogP contribution in [0.2, 0.25) is 0 Å². The number of hydrogen-bond acceptors (Lipinski definition) is 7. The summed E-state index contributed by atoms with van der Waals surface area (Å²) in [6.07, 6.45) is 8.09. The molecule has 0 saturated heterocycles. The van der Waals surface area contributed by atoms with Crippen LogP contribution in [0.3, 0.4) is 0 Å². The minimum atomic E-state index is -1.34. The van der Waals surface area contributed by atoms with Crippen molar-refractivity contribution in [2.24, 2.45) is 10.9 Å². The number of methoxy groups -OCH3 is 1. The molecule has 0 bridgehead atoms. The van der Waals surface area contributed by atoms with E-state index < -0.39 is 6.36 Å². The van der Waals surface area contributed by atoms with Gasteiger partial charge in [-0.15, -0.1) is 0 Å². The first-order valence-corrected chi connectivity index (χ1v) is 10.0. The molecule has 2 N–H and O–H groups in total. The van der Waals surface area contributed by atoms with Crippen LogP contribution in [-0.2, 0) is 16.0 Å². The maximum absolute atomic E-state index is 12.3. The van der Waals surface area contributed by atoms with Crippen LogP contribution in [0.5, 0.6) is 0 Å². The molecule has 1 fully saturated rings. The van der Waals surface area contributed by atoms with Crippen molar-refractivity contribution in [3.05, 3.63) is 46.9 Å². The third-order valence-electron chi connectivity index (χ3n) is 4.16. The standard InChI is InChI=1S/C11H14N4O.C9H14FNO.C2H6O/c12-5-9-7-15(11(16)10(13)14-9)6-8-3-1-2-4-8;1-5-7(3)11-9(6-2)12-8(4)10;1-3-2/h7-8H,1-4,6H2,(H2,13,14);5-6,8H,1H2,2-4H3;1-2H3/b;9-6-,11-7-;. The van der Waals surface area contributed by atoms with Crippen LogP contribution in [0, 0.1) is 17.2 Å². The highest BCUT2D eigenvalue weighted by molar-refractivity contribution is 5.92. The molecule has 1 saturated carbocycles. The number of hydrogen-bond donors (Lipinski definition) is 1. The molecule has 0 amide bonds. The number of allylic oxidation sites excluding steroid dienone is 2. The van der Waals surface area contributed by atoms with Crippen molar-refractivity contribution in [1.29, 1.82) is 5.26 Å². The topological polar surface area (TPSA) is 116 Å². The minimum Gasteiger partial charge on any atom is -0.444 e. The van der Waals surface area contributed by atoms with Crippen LogP contribution in [-0.4, -0.2) is 35.8 Å². The van der Waals surface area contributed by atoms with Crippen LogP contribution in [0.25, 0.3) is 0 Å². The van der Waals surface area contributed by atoms with E-state index in [-0.39, 0.29) is 23.0 Å². The summed E-state index contributed by atoms with van der Waals surface area (Å²) in [5, 5.41) is 8.75. The van der Waals surface area contributed by atoms with Gasteiger partial charge in [-0.25, -0.2) is 14.4 Å². The molecule has 172 valence electrons. The first-order chi connectivity index (χ1) is 14.7. The van der Waals surface area contributed by atoms with Crippen LogP contribution >= 0.6 is 0 Å². The number of rotatable bonds is 6. The third kappa shape index (κ3) is 11.7. The van der Waals surface area contributed by atoms with Crippen molar-refractivity contribution in [1.82, 2.24) is 9.55 Å². The van der Waals surface area contributed by atoms with Gasteiger partial charge in [0.2, 0.25) is 12.2 Å². The average molecular weight is 436 g/mol. The number of halogens is 1. The van der Waals surface area contributed by atoms with Gasteiger partial charge in [-0.1, -0.05) is 19.4 Å². The highest BCUT2D eigenvalue weighted by Crippen LogP contribution is 2.25. The summed E-state index contributed by atoms with van der Waals surface area (Å²) < 4.78 is 22.8. The summed E-state index contributed by atoms with van der Waals surface area (Å²) in [7, 11) is 3.25. The average Bonchev–Trinajstić information content (AvgIpc) is 3.24. The van der Waals surface area contributed by atoms with Gasteiger partial charge in [0.25, 0.3) is 5.56 Å². The number of nitrogens with two attached hydrogens (primary N) is 1. The molecule has 31 heavy (non-hydrogen) atoms. The number of nitrogen functional groups attached to an aromatic ring is 1. The lowest BCUT2D eigenvalue weighted by molar-refractivity contribution is 0.0211. The summed E-state index contributed by atoms with van der Waals surface area (Å²) in [6.45, 7) is 8.98. The van der Waals surface area contributed by atoms with E-state index in [1.54, 1.807) is 40.2 Å². The smallest absolute Gasteiger partial charge is 0.293 e. The van der Waals surface area contributed by atoms with E-state index in [1.165, 1.54) is 30.5 Å². The fourth-order valence-electron chi connectivity index (χ4n) is 2.77. The van der Waals surface area contributed by atoms with Gasteiger partial charge in [0.1, 0.15) is 6.07 Å². The minimum absolute atomic E-state index is 0.0861. The predicted octanol–water partition coefficient (Wildman–Crippen LogP) is 3.98. The number of anilines is 1. The van der Waals surface area contributed by atoms with E-state index in [4.69, 9.17) is 15.7 Å². The quantitative estimate of drug-likeness (QED) is 0.534. The molecule has 1 aliphatic carbocycles. The van der Waals surface area contributed by atoms with E-state index in [9.17, 15) is 9.18 Å². The lowest BCUT2D eigenvalue weighted by Gasteiger charge is -2.11. The second-order valence-corrected chi connectivity index (χ2v) is 6.88. The lowest BCUT2D eigenvalue weighted by atomic mass is 10.1. The summed E-state index contributed by atoms with van der Waals surface area (Å²) in [5.74, 6) is 0.727. The molecule has 1 unspecified atom stereocenters. The fraction of sp³-hybridized carbons (Fsp3) is 0.545. The van der Waals surface area contributed by atoms with E-state index in [0.717, 1.165) is 12.8 Å². The summed E-state index contributed by atoms with van der Waals surface area (Å²) in [4.78, 5) is 19.4. The molecule has 1 aromatic rings. The summed E-state index contributed by atoms with van der Waals surface area (Å²) >= 11 is 0. The van der Waals surface area contributed by atoms with Gasteiger partial charge in [0.05, 0.1) is 0 Å². The maximum Gasteiger partial charge on any atom is 0.293 e. The van der Waals surface area contributed by atoms with Crippen molar-refractivity contribution in [3.8, 4) is 6.07 Å². The van der Waals surface area contributed by atoms with Crippen molar-refractivity contribution in [2.45, 2.75) is 59.4 Å². The number of nitrogens with zero attached hydrogens (tertiary/aromatic N) is 4. The van der Waals surface area contributed by atoms with Gasteiger partial charge in [-0.3, -0.25) is 4.79 Å². The van der Waals surface area contributed by atoms with Crippen LogP contribution < -0.4 is 11.3 Å². The normalized spacial score (nSPS) is 15.0. The Labute approximate surface area is 183 Å². The Kier molecular flexibility index (Phi) is 14.3. The van der Waals surface area contributed by atoms with E-state index >= 15 is 0 Å². The van der Waals surface area contributed by atoms with Gasteiger partial charge in [0, 0.05) is 39.6 Å². The number of alkyl halides is 1. The van der Waals surface area contributed by atoms with Crippen molar-refractivity contribution in [2.75, 3.05) is 20.0 Å². The fourth-order valence-corrected chi connectivity index (χ4v) is 2.77. The van der Waals surface area contributed by atoms with Crippen molar-refractivity contribution >= 4 is 11.5 Å². The Morgan fingerprint density at radius 1 is 1.52 bits per heavy atom. The second-order valence-electron chi connectivity index (χ2n) is 6.88. The van der Waals surface area contributed by atoms with E-state index in [0.29, 0.717) is 18.2 Å². The zero-order valence-corrected chi connectivity index (χ0v) is 19.1. The summed E-state index contributed by atoms with van der Waals surface area (Å²) in [6, 6.07) is 1.91. The SMILES string of the molecule is C=C/C(C)=N\C(=C\C)OC(C)F.COC.N#Cc1cn(CC2CCCC2)c(=O)c(N)n1. The van der Waals surface area contributed by atoms with Gasteiger partial charge < -0.3 is 19.8 Å². The Morgan fingerprint density at radius 3 is 2.55 bits per heavy atom. The first kappa shape index (κ1) is 28.0. The second kappa shape index (κ2) is 15.8. The van der Waals surface area contributed by atoms with Gasteiger partial charge in [-0.2, -0.15) is 5.26 Å². The molecule has 1 heterocycles. The van der Waals surface area contributed by atoms with Crippen LogP contribution in [0.4, 0.5) is 10.2 Å². The molecular weight excluding hydrogens is 401 g/mol. The Hall–Kier alpha value is -2.99. The monoisotopic (exact) mass is 435 g/mol. The molecular formula is C22H34FN5O3. The largest absolute Gasteiger partial charge is 0.444 e. The molecule has 1 aliphatic rings. The van der Waals surface area contributed by atoms with Crippen LogP contribution in [0.15, 0.2) is 40.6 Å². The van der Waals surface area contributed by atoms with E-state index in [2.05, 4.69) is 21.3 Å². The highest BCUT2D eigenvalue weighted by atomic mass is 19.1. The molecule has 0 spiro atoms. The molecule has 9 heteroatoms. The lowest BCUT2D eigenvalue weighted by Crippen LogP contribution is -2.27. The third-order valence-corrected chi connectivity index (χ3v) is 4.16. The predicted molar refractivity (Wildman–Crippen MR) is 121 cm³/mol. The Balaban J connectivity index is 0.000000535. The maximum atomic E-state index is 12.3. The van der Waals surface area contributed by atoms with Crippen LogP contribution in [0.1, 0.15) is 52.1 Å². The number of nitriles is 1. The highest BCUT2D eigenvalue weighted by Gasteiger charge is 2.17. The molecule has 0 aromatic carbocycles. The molecule has 8 nitrogen and oxygen atoms in total. The number of ether oxygens (including phenoxy) is 2. The zero-order chi connectivity index (χ0) is 23.8. The zero-order valence-electron chi connectivity index (χ0n) is 19.1. The molecule has 2 rings (SSSR count). The van der Waals surface area contributed by atoms with E-state index in [1.807, 2.05) is 6.07 Å². The number of aliphatic imine (C=N–C) groups is 1. The molecule has 0 aliphatic heterocycles. The van der Waals surface area contributed by atoms with Gasteiger partial charge in [0.15, 0.2) is 11.5 Å².